The second-order valence-corrected chi connectivity index (χ2v) is 4.81. The summed E-state index contributed by atoms with van der Waals surface area (Å²) in [5.74, 6) is 0. The van der Waals surface area contributed by atoms with Gasteiger partial charge in [-0.25, -0.2) is 0 Å². The Morgan fingerprint density at radius 1 is 1.16 bits per heavy atom. The number of aromatic nitrogens is 3. The standard InChI is InChI=1S/C15H18N4/c1-18-9-6-13(17-18)11-19-10-7-14-12(5-8-16)3-2-4-15(14)19/h2-4,6-7,9-10H,5,8,11,16H2,1H3. The van der Waals surface area contributed by atoms with Crippen LogP contribution in [0, 0.1) is 0 Å². The van der Waals surface area contributed by atoms with E-state index in [9.17, 15) is 0 Å². The highest BCUT2D eigenvalue weighted by atomic mass is 15.3. The molecule has 2 aromatic heterocycles. The van der Waals surface area contributed by atoms with E-state index in [1.54, 1.807) is 0 Å². The Balaban J connectivity index is 1.98. The zero-order valence-electron chi connectivity index (χ0n) is 11.1. The summed E-state index contributed by atoms with van der Waals surface area (Å²) >= 11 is 0. The van der Waals surface area contributed by atoms with Gasteiger partial charge in [-0.15, -0.1) is 0 Å². The van der Waals surface area contributed by atoms with Crippen molar-refractivity contribution in [2.24, 2.45) is 12.8 Å². The first kappa shape index (κ1) is 12.0. The van der Waals surface area contributed by atoms with Gasteiger partial charge in [-0.1, -0.05) is 12.1 Å². The number of hydrogen-bond donors (Lipinski definition) is 1. The monoisotopic (exact) mass is 254 g/mol. The number of rotatable bonds is 4. The molecule has 0 aliphatic heterocycles. The summed E-state index contributed by atoms with van der Waals surface area (Å²) in [5, 5.41) is 5.72. The highest BCUT2D eigenvalue weighted by molar-refractivity contribution is 5.83. The van der Waals surface area contributed by atoms with Crippen LogP contribution in [0.5, 0.6) is 0 Å². The van der Waals surface area contributed by atoms with E-state index in [-0.39, 0.29) is 0 Å². The Morgan fingerprint density at radius 3 is 2.79 bits per heavy atom. The normalized spacial score (nSPS) is 11.3. The predicted octanol–water partition coefficient (Wildman–Crippen LogP) is 1.92. The summed E-state index contributed by atoms with van der Waals surface area (Å²) in [6, 6.07) is 10.6. The highest BCUT2D eigenvalue weighted by Gasteiger charge is 2.06. The third-order valence-electron chi connectivity index (χ3n) is 3.42. The van der Waals surface area contributed by atoms with Crippen LogP contribution in [0.2, 0.25) is 0 Å². The number of fused-ring (bicyclic) bond motifs is 1. The summed E-state index contributed by atoms with van der Waals surface area (Å²) in [4.78, 5) is 0. The van der Waals surface area contributed by atoms with Gasteiger partial charge in [0.1, 0.15) is 0 Å². The SMILES string of the molecule is Cn1ccc(Cn2ccc3c(CCN)cccc32)n1. The van der Waals surface area contributed by atoms with E-state index in [1.165, 1.54) is 16.5 Å². The zero-order chi connectivity index (χ0) is 13.2. The molecule has 4 nitrogen and oxygen atoms in total. The van der Waals surface area contributed by atoms with Crippen molar-refractivity contribution in [3.05, 3.63) is 54.0 Å². The van der Waals surface area contributed by atoms with E-state index in [1.807, 2.05) is 17.9 Å². The molecular weight excluding hydrogens is 236 g/mol. The topological polar surface area (TPSA) is 48.8 Å². The van der Waals surface area contributed by atoms with E-state index in [4.69, 9.17) is 5.73 Å². The lowest BCUT2D eigenvalue weighted by atomic mass is 10.1. The van der Waals surface area contributed by atoms with Crippen molar-refractivity contribution < 1.29 is 0 Å². The maximum atomic E-state index is 5.67. The van der Waals surface area contributed by atoms with Gasteiger partial charge in [-0.05, 0) is 36.7 Å². The van der Waals surface area contributed by atoms with Gasteiger partial charge in [-0.3, -0.25) is 4.68 Å². The molecule has 19 heavy (non-hydrogen) atoms. The van der Waals surface area contributed by atoms with E-state index >= 15 is 0 Å². The molecule has 2 heterocycles. The molecule has 0 unspecified atom stereocenters. The number of hydrogen-bond acceptors (Lipinski definition) is 2. The number of nitrogens with two attached hydrogens (primary N) is 1. The lowest BCUT2D eigenvalue weighted by Gasteiger charge is -2.05. The molecule has 0 fully saturated rings. The maximum absolute atomic E-state index is 5.67. The van der Waals surface area contributed by atoms with E-state index in [0.29, 0.717) is 6.54 Å². The molecule has 0 aliphatic rings. The van der Waals surface area contributed by atoms with E-state index < -0.39 is 0 Å². The summed E-state index contributed by atoms with van der Waals surface area (Å²) < 4.78 is 4.07. The molecule has 1 aromatic carbocycles. The largest absolute Gasteiger partial charge is 0.341 e. The fraction of sp³-hybridized carbons (Fsp3) is 0.267. The molecule has 0 aliphatic carbocycles. The second kappa shape index (κ2) is 4.90. The molecule has 0 atom stereocenters. The van der Waals surface area contributed by atoms with Gasteiger partial charge in [0.15, 0.2) is 0 Å². The Labute approximate surface area is 112 Å². The van der Waals surface area contributed by atoms with Gasteiger partial charge >= 0.3 is 0 Å². The molecule has 2 N–H and O–H groups in total. The van der Waals surface area contributed by atoms with Crippen molar-refractivity contribution in [2.75, 3.05) is 6.54 Å². The lowest BCUT2D eigenvalue weighted by Crippen LogP contribution is -2.03. The molecule has 0 spiro atoms. The van der Waals surface area contributed by atoms with Crippen LogP contribution >= 0.6 is 0 Å². The van der Waals surface area contributed by atoms with Crippen molar-refractivity contribution in [3.63, 3.8) is 0 Å². The van der Waals surface area contributed by atoms with Crippen LogP contribution in [0.1, 0.15) is 11.3 Å². The van der Waals surface area contributed by atoms with Crippen LogP contribution in [0.15, 0.2) is 42.7 Å². The van der Waals surface area contributed by atoms with Gasteiger partial charge in [-0.2, -0.15) is 5.10 Å². The fourth-order valence-corrected chi connectivity index (χ4v) is 2.52. The van der Waals surface area contributed by atoms with Crippen molar-refractivity contribution in [2.45, 2.75) is 13.0 Å². The maximum Gasteiger partial charge on any atom is 0.0821 e. The smallest absolute Gasteiger partial charge is 0.0821 e. The third-order valence-corrected chi connectivity index (χ3v) is 3.42. The van der Waals surface area contributed by atoms with Gasteiger partial charge in [0.25, 0.3) is 0 Å². The van der Waals surface area contributed by atoms with E-state index in [2.05, 4.69) is 46.2 Å². The van der Waals surface area contributed by atoms with Crippen LogP contribution < -0.4 is 5.73 Å². The molecule has 0 saturated carbocycles. The second-order valence-electron chi connectivity index (χ2n) is 4.81. The minimum Gasteiger partial charge on any atom is -0.341 e. The summed E-state index contributed by atoms with van der Waals surface area (Å²) in [6.45, 7) is 1.49. The molecule has 3 aromatic rings. The molecule has 0 bridgehead atoms. The summed E-state index contributed by atoms with van der Waals surface area (Å²) in [7, 11) is 1.94. The highest BCUT2D eigenvalue weighted by Crippen LogP contribution is 2.21. The van der Waals surface area contributed by atoms with Crippen LogP contribution in [0.4, 0.5) is 0 Å². The Bertz CT molecular complexity index is 693. The van der Waals surface area contributed by atoms with Crippen molar-refractivity contribution >= 4 is 10.9 Å². The van der Waals surface area contributed by atoms with Gasteiger partial charge in [0.2, 0.25) is 0 Å². The number of benzene rings is 1. The predicted molar refractivity (Wildman–Crippen MR) is 77.0 cm³/mol. The minimum absolute atomic E-state index is 0.685. The molecule has 0 amide bonds. The molecule has 4 heteroatoms. The zero-order valence-corrected chi connectivity index (χ0v) is 11.1. The lowest BCUT2D eigenvalue weighted by molar-refractivity contribution is 0.716. The molecule has 3 rings (SSSR count). The minimum atomic E-state index is 0.685. The average molecular weight is 254 g/mol. The quantitative estimate of drug-likeness (QED) is 0.773. The molecule has 98 valence electrons. The van der Waals surface area contributed by atoms with E-state index in [0.717, 1.165) is 18.7 Å². The van der Waals surface area contributed by atoms with Gasteiger partial charge in [0, 0.05) is 30.3 Å². The Hall–Kier alpha value is -2.07. The van der Waals surface area contributed by atoms with Gasteiger partial charge < -0.3 is 10.3 Å². The third kappa shape index (κ3) is 2.27. The van der Waals surface area contributed by atoms with Crippen molar-refractivity contribution in [3.8, 4) is 0 Å². The summed E-state index contributed by atoms with van der Waals surface area (Å²) in [5.41, 5.74) is 9.30. The first-order chi connectivity index (χ1) is 9.28. The van der Waals surface area contributed by atoms with Crippen LogP contribution in [0.3, 0.4) is 0 Å². The van der Waals surface area contributed by atoms with Crippen molar-refractivity contribution in [1.29, 1.82) is 0 Å². The molecular formula is C15H18N4. The van der Waals surface area contributed by atoms with Crippen LogP contribution in [-0.2, 0) is 20.0 Å². The number of nitrogens with zero attached hydrogens (tertiary/aromatic N) is 3. The molecule has 0 saturated heterocycles. The average Bonchev–Trinajstić information content (AvgIpc) is 2.99. The molecule has 0 radical (unpaired) electrons. The fourth-order valence-electron chi connectivity index (χ4n) is 2.52. The van der Waals surface area contributed by atoms with Gasteiger partial charge in [0.05, 0.1) is 12.2 Å². The first-order valence-corrected chi connectivity index (χ1v) is 6.53. The Kier molecular flexibility index (Phi) is 3.09. The van der Waals surface area contributed by atoms with Crippen LogP contribution in [-0.4, -0.2) is 20.9 Å². The first-order valence-electron chi connectivity index (χ1n) is 6.53. The summed E-state index contributed by atoms with van der Waals surface area (Å²) in [6.07, 6.45) is 5.02. The van der Waals surface area contributed by atoms with Crippen LogP contribution in [0.25, 0.3) is 10.9 Å². The Morgan fingerprint density at radius 2 is 2.05 bits per heavy atom. The number of aryl methyl sites for hydroxylation is 1. The van der Waals surface area contributed by atoms with Crippen molar-refractivity contribution in [1.82, 2.24) is 14.3 Å².